The fraction of sp³-hybridized carbons (Fsp3) is 0.537. The molecule has 17 heteroatoms. The summed E-state index contributed by atoms with van der Waals surface area (Å²) in [7, 11) is 0. The maximum Gasteiger partial charge on any atom is 0.411 e. The number of halogens is 1. The minimum atomic E-state index is -0.635. The van der Waals surface area contributed by atoms with Crippen molar-refractivity contribution in [1.29, 1.82) is 0 Å². The molecule has 4 aliphatic heterocycles. The van der Waals surface area contributed by atoms with Crippen LogP contribution >= 0.6 is 0 Å². The van der Waals surface area contributed by atoms with Crippen LogP contribution in [-0.2, 0) is 25.5 Å². The lowest BCUT2D eigenvalue weighted by atomic mass is 9.89. The number of aromatic amines is 1. The van der Waals surface area contributed by atoms with Gasteiger partial charge in [-0.2, -0.15) is 5.10 Å². The number of ether oxygens (including phenoxy) is 2. The summed E-state index contributed by atoms with van der Waals surface area (Å²) in [6, 6.07) is 19.5. The third kappa shape index (κ3) is 12.3. The first-order valence-corrected chi connectivity index (χ1v) is 25.5. The van der Waals surface area contributed by atoms with E-state index in [2.05, 4.69) is 15.1 Å². The molecule has 0 radical (unpaired) electrons. The summed E-state index contributed by atoms with van der Waals surface area (Å²) >= 11 is 0. The molecule has 1 N–H and O–H groups in total. The Morgan fingerprint density at radius 3 is 2.10 bits per heavy atom. The zero-order chi connectivity index (χ0) is 49.8. The average molecular weight is 975 g/mol. The smallest absolute Gasteiger partial charge is 0.411 e. The number of piperazine rings is 1. The largest absolute Gasteiger partial charge is 0.444 e. The van der Waals surface area contributed by atoms with Crippen molar-refractivity contribution in [3.05, 3.63) is 111 Å². The first-order valence-electron chi connectivity index (χ1n) is 25.5. The Kier molecular flexibility index (Phi) is 15.2. The molecule has 5 aliphatic rings. The van der Waals surface area contributed by atoms with E-state index in [1.54, 1.807) is 39.0 Å². The van der Waals surface area contributed by atoms with Gasteiger partial charge < -0.3 is 29.1 Å². The minimum absolute atomic E-state index is 0.00347. The summed E-state index contributed by atoms with van der Waals surface area (Å²) < 4.78 is 27.3. The van der Waals surface area contributed by atoms with Crippen LogP contribution in [0.5, 0.6) is 0 Å². The number of nitrogens with zero attached hydrogens (tertiary/aromatic N) is 7. The number of aromatic nitrogens is 2. The van der Waals surface area contributed by atoms with Crippen LogP contribution in [0.3, 0.4) is 0 Å². The molecule has 1 aromatic heterocycles. The number of carbonyl (C=O) groups excluding carboxylic acids is 5. The molecule has 5 amide bonds. The van der Waals surface area contributed by atoms with Crippen molar-refractivity contribution >= 4 is 40.5 Å². The van der Waals surface area contributed by atoms with Gasteiger partial charge in [0.15, 0.2) is 0 Å². The van der Waals surface area contributed by atoms with Gasteiger partial charge in [-0.05, 0) is 114 Å². The normalized spacial score (nSPS) is 19.7. The summed E-state index contributed by atoms with van der Waals surface area (Å²) in [5.74, 6) is -0.995. The molecule has 0 spiro atoms. The number of benzene rings is 3. The topological polar surface area (TPSA) is 169 Å². The van der Waals surface area contributed by atoms with Crippen LogP contribution in [-0.4, -0.2) is 172 Å². The highest BCUT2D eigenvalue weighted by molar-refractivity contribution is 5.95. The Hall–Kier alpha value is -6.20. The minimum Gasteiger partial charge on any atom is -0.444 e. The van der Waals surface area contributed by atoms with Crippen LogP contribution in [0, 0.1) is 5.82 Å². The lowest BCUT2D eigenvalue weighted by molar-refractivity contribution is -0.135. The van der Waals surface area contributed by atoms with Crippen molar-refractivity contribution in [3.63, 3.8) is 0 Å². The molecule has 5 heterocycles. The summed E-state index contributed by atoms with van der Waals surface area (Å²) in [5, 5.41) is 7.97. The summed E-state index contributed by atoms with van der Waals surface area (Å²) in [4.78, 5) is 90.4. The molecule has 0 bridgehead atoms. The van der Waals surface area contributed by atoms with E-state index in [-0.39, 0.29) is 59.6 Å². The predicted octanol–water partition coefficient (Wildman–Crippen LogP) is 5.83. The zero-order valence-corrected chi connectivity index (χ0v) is 41.3. The van der Waals surface area contributed by atoms with Gasteiger partial charge in [-0.3, -0.25) is 33.8 Å². The molecule has 0 unspecified atom stereocenters. The van der Waals surface area contributed by atoms with Crippen LogP contribution in [0.25, 0.3) is 10.8 Å². The molecule has 1 saturated carbocycles. The Labute approximate surface area is 414 Å². The quantitative estimate of drug-likeness (QED) is 0.183. The number of likely N-dealkylation sites (tertiary alicyclic amines) is 3. The van der Waals surface area contributed by atoms with Gasteiger partial charge in [-0.1, -0.05) is 36.4 Å². The molecule has 1 aliphatic carbocycles. The molecule has 4 saturated heterocycles. The second-order valence-electron chi connectivity index (χ2n) is 21.0. The number of nitrogens with one attached hydrogen (secondary N) is 1. The Morgan fingerprint density at radius 2 is 1.39 bits per heavy atom. The molecule has 5 fully saturated rings. The number of H-pyrrole nitrogens is 1. The number of piperidine rings is 3. The second-order valence-corrected chi connectivity index (χ2v) is 21.0. The van der Waals surface area contributed by atoms with Gasteiger partial charge in [0.2, 0.25) is 11.8 Å². The van der Waals surface area contributed by atoms with Gasteiger partial charge in [0.25, 0.3) is 17.4 Å². The van der Waals surface area contributed by atoms with E-state index in [1.165, 1.54) is 6.07 Å². The van der Waals surface area contributed by atoms with E-state index >= 15 is 4.39 Å². The van der Waals surface area contributed by atoms with Crippen LogP contribution in [0.1, 0.15) is 116 Å². The Balaban J connectivity index is 0.683. The maximum atomic E-state index is 15.1. The summed E-state index contributed by atoms with van der Waals surface area (Å²) in [6.07, 6.45) is 6.67. The fourth-order valence-electron chi connectivity index (χ4n) is 10.5. The predicted molar refractivity (Wildman–Crippen MR) is 264 cm³/mol. The number of hydrogen-bond acceptors (Lipinski definition) is 10. The molecule has 71 heavy (non-hydrogen) atoms. The van der Waals surface area contributed by atoms with E-state index in [9.17, 15) is 28.8 Å². The maximum absolute atomic E-state index is 15.1. The van der Waals surface area contributed by atoms with Crippen molar-refractivity contribution in [3.8, 4) is 0 Å². The molecular weight excluding hydrogens is 908 g/mol. The highest BCUT2D eigenvalue weighted by atomic mass is 19.1. The Morgan fingerprint density at radius 1 is 0.718 bits per heavy atom. The van der Waals surface area contributed by atoms with Crippen LogP contribution in [0.15, 0.2) is 71.5 Å². The molecule has 16 nitrogen and oxygen atoms in total. The average Bonchev–Trinajstić information content (AvgIpc) is 4.23. The molecule has 9 rings (SSSR count). The third-order valence-electron chi connectivity index (χ3n) is 14.6. The number of amides is 5. The number of fused-ring (bicyclic) bond motifs is 1. The van der Waals surface area contributed by atoms with Gasteiger partial charge in [0, 0.05) is 94.8 Å². The lowest BCUT2D eigenvalue weighted by Gasteiger charge is -2.38. The van der Waals surface area contributed by atoms with Crippen LogP contribution in [0.4, 0.5) is 9.18 Å². The van der Waals surface area contributed by atoms with Gasteiger partial charge in [0.1, 0.15) is 18.0 Å². The molecule has 378 valence electrons. The lowest BCUT2D eigenvalue weighted by Crippen LogP contribution is -2.53. The van der Waals surface area contributed by atoms with E-state index in [4.69, 9.17) is 9.47 Å². The van der Waals surface area contributed by atoms with Gasteiger partial charge in [-0.25, -0.2) is 14.3 Å². The monoisotopic (exact) mass is 975 g/mol. The summed E-state index contributed by atoms with van der Waals surface area (Å²) in [5.41, 5.74) is 2.05. The Bertz CT molecular complexity index is 2660. The highest BCUT2D eigenvalue weighted by Crippen LogP contribution is 2.32. The standard InChI is InChI=1S/C54H67FN8O8/c1-54(2,3)71-53(69)63(40-14-15-40)35-49(65)62-21-7-10-39(33-62)37-8-6-9-38(32-37)51(67)60-24-19-42(20-25-60)70-41-17-22-58(23-18-41)34-48(64)59-26-28-61(29-27-59)52(68)45-30-36(13-16-46(45)55)31-47-43-11-4-5-12-44(43)50(66)57-56-47/h4-6,8-9,11-13,16,30,32,39-42H,7,10,14-15,17-29,31,33-35H2,1-3H3,(H,57,66)/t39-/m1/s1. The van der Waals surface area contributed by atoms with Crippen molar-refractivity contribution < 1.29 is 37.8 Å². The van der Waals surface area contributed by atoms with Crippen LogP contribution in [0.2, 0.25) is 0 Å². The van der Waals surface area contributed by atoms with E-state index < -0.39 is 23.4 Å². The van der Waals surface area contributed by atoms with E-state index in [1.807, 2.05) is 67.0 Å². The van der Waals surface area contributed by atoms with E-state index in [0.717, 1.165) is 70.0 Å². The van der Waals surface area contributed by atoms with Crippen molar-refractivity contribution in [2.24, 2.45) is 0 Å². The molecule has 3 aromatic carbocycles. The van der Waals surface area contributed by atoms with Gasteiger partial charge >= 0.3 is 6.09 Å². The number of carbonyl (C=O) groups is 5. The number of hydrogen-bond donors (Lipinski definition) is 1. The first-order chi connectivity index (χ1) is 34.2. The SMILES string of the molecule is CC(C)(C)OC(=O)N(CC(=O)N1CCC[C@@H](c2cccc(C(=O)N3CCC(OC4CCN(CC(=O)N5CCN(C(=O)c6cc(Cc7n[nH]c(=O)c8ccccc78)ccc6F)CC5)CC4)CC3)c2)C1)C1CC1. The zero-order valence-electron chi connectivity index (χ0n) is 41.3. The summed E-state index contributed by atoms with van der Waals surface area (Å²) in [6.45, 7) is 11.0. The van der Waals surface area contributed by atoms with E-state index in [0.29, 0.717) is 92.9 Å². The van der Waals surface area contributed by atoms with Crippen molar-refractivity contribution in [2.75, 3.05) is 78.5 Å². The van der Waals surface area contributed by atoms with Gasteiger partial charge in [-0.15, -0.1) is 0 Å². The third-order valence-corrected chi connectivity index (χ3v) is 14.6. The molecule has 1 atom stereocenters. The van der Waals surface area contributed by atoms with Crippen molar-refractivity contribution in [2.45, 2.75) is 108 Å². The van der Waals surface area contributed by atoms with Crippen LogP contribution < -0.4 is 5.56 Å². The highest BCUT2D eigenvalue weighted by Gasteiger charge is 2.38. The fourth-order valence-corrected chi connectivity index (χ4v) is 10.5. The first kappa shape index (κ1) is 49.8. The second kappa shape index (κ2) is 21.7. The van der Waals surface area contributed by atoms with Crippen molar-refractivity contribution in [1.82, 2.24) is 39.6 Å². The molecular formula is C54H67FN8O8. The number of rotatable bonds is 12. The molecule has 4 aromatic rings. The van der Waals surface area contributed by atoms with Gasteiger partial charge in [0.05, 0.1) is 35.4 Å².